The van der Waals surface area contributed by atoms with E-state index < -0.39 is 48.1 Å². The SMILES string of the molecule is Nc1cc(F)c(F)cc1C(=O)OCCC(F)(F)F. The second kappa shape index (κ2) is 5.19. The van der Waals surface area contributed by atoms with Crippen LogP contribution in [-0.4, -0.2) is 18.8 Å². The van der Waals surface area contributed by atoms with Gasteiger partial charge in [0.05, 0.1) is 12.0 Å². The molecule has 0 spiro atoms. The fourth-order valence-corrected chi connectivity index (χ4v) is 1.08. The lowest BCUT2D eigenvalue weighted by atomic mass is 10.1. The van der Waals surface area contributed by atoms with E-state index >= 15 is 0 Å². The highest BCUT2D eigenvalue weighted by atomic mass is 19.4. The van der Waals surface area contributed by atoms with Crippen LogP contribution in [0.5, 0.6) is 0 Å². The van der Waals surface area contributed by atoms with Crippen molar-refractivity contribution >= 4 is 11.7 Å². The van der Waals surface area contributed by atoms with Crippen LogP contribution in [0, 0.1) is 11.6 Å². The normalized spacial score (nSPS) is 11.4. The Bertz CT molecular complexity index is 458. The van der Waals surface area contributed by atoms with Gasteiger partial charge in [0.1, 0.15) is 6.61 Å². The first-order chi connectivity index (χ1) is 8.20. The molecule has 0 fully saturated rings. The number of nitrogen functional groups attached to an aromatic ring is 1. The van der Waals surface area contributed by atoms with Crippen molar-refractivity contribution in [2.75, 3.05) is 12.3 Å². The van der Waals surface area contributed by atoms with Gasteiger partial charge in [0.25, 0.3) is 0 Å². The summed E-state index contributed by atoms with van der Waals surface area (Å²) in [6.07, 6.45) is -5.80. The number of nitrogens with two attached hydrogens (primary N) is 1. The minimum atomic E-state index is -4.47. The molecule has 0 heterocycles. The Balaban J connectivity index is 2.70. The molecule has 0 saturated carbocycles. The van der Waals surface area contributed by atoms with Crippen molar-refractivity contribution in [2.24, 2.45) is 0 Å². The van der Waals surface area contributed by atoms with Crippen molar-refractivity contribution in [3.05, 3.63) is 29.3 Å². The number of alkyl halides is 3. The fourth-order valence-electron chi connectivity index (χ4n) is 1.08. The number of hydrogen-bond donors (Lipinski definition) is 1. The number of anilines is 1. The minimum absolute atomic E-state index is 0.411. The van der Waals surface area contributed by atoms with E-state index in [0.717, 1.165) is 0 Å². The molecule has 100 valence electrons. The summed E-state index contributed by atoms with van der Waals surface area (Å²) in [7, 11) is 0. The van der Waals surface area contributed by atoms with Gasteiger partial charge in [0, 0.05) is 11.8 Å². The second-order valence-electron chi connectivity index (χ2n) is 3.35. The first-order valence-corrected chi connectivity index (χ1v) is 4.69. The van der Waals surface area contributed by atoms with E-state index in [0.29, 0.717) is 12.1 Å². The van der Waals surface area contributed by atoms with Gasteiger partial charge in [-0.1, -0.05) is 0 Å². The van der Waals surface area contributed by atoms with Crippen LogP contribution in [0.3, 0.4) is 0 Å². The van der Waals surface area contributed by atoms with Gasteiger partial charge in [-0.2, -0.15) is 13.2 Å². The van der Waals surface area contributed by atoms with Gasteiger partial charge in [-0.15, -0.1) is 0 Å². The molecule has 0 unspecified atom stereocenters. The van der Waals surface area contributed by atoms with Crippen LogP contribution in [0.4, 0.5) is 27.6 Å². The molecule has 0 aliphatic carbocycles. The van der Waals surface area contributed by atoms with Crippen LogP contribution in [-0.2, 0) is 4.74 Å². The summed E-state index contributed by atoms with van der Waals surface area (Å²) in [5.74, 6) is -3.85. The van der Waals surface area contributed by atoms with Gasteiger partial charge in [-0.05, 0) is 6.07 Å². The van der Waals surface area contributed by atoms with E-state index in [1.807, 2.05) is 0 Å². The molecule has 0 aliphatic heterocycles. The first-order valence-electron chi connectivity index (χ1n) is 4.69. The molecule has 0 aromatic heterocycles. The lowest BCUT2D eigenvalue weighted by Gasteiger charge is -2.09. The summed E-state index contributed by atoms with van der Waals surface area (Å²) in [4.78, 5) is 11.3. The van der Waals surface area contributed by atoms with Crippen LogP contribution in [0.15, 0.2) is 12.1 Å². The second-order valence-corrected chi connectivity index (χ2v) is 3.35. The van der Waals surface area contributed by atoms with Crippen molar-refractivity contribution in [3.8, 4) is 0 Å². The third-order valence-electron chi connectivity index (χ3n) is 1.93. The maximum Gasteiger partial charge on any atom is 0.392 e. The predicted molar refractivity (Wildman–Crippen MR) is 51.7 cm³/mol. The van der Waals surface area contributed by atoms with Crippen molar-refractivity contribution in [1.82, 2.24) is 0 Å². The van der Waals surface area contributed by atoms with Gasteiger partial charge < -0.3 is 10.5 Å². The summed E-state index contributed by atoms with van der Waals surface area (Å²) in [6, 6.07) is 1.02. The Labute approximate surface area is 98.3 Å². The molecule has 0 atom stereocenters. The van der Waals surface area contributed by atoms with Gasteiger partial charge in [0.15, 0.2) is 11.6 Å². The molecule has 3 nitrogen and oxygen atoms in total. The predicted octanol–water partition coefficient (Wildman–Crippen LogP) is 2.66. The summed E-state index contributed by atoms with van der Waals surface area (Å²) < 4.78 is 65.1. The van der Waals surface area contributed by atoms with Crippen LogP contribution in [0.2, 0.25) is 0 Å². The Kier molecular flexibility index (Phi) is 4.10. The number of esters is 1. The summed E-state index contributed by atoms with van der Waals surface area (Å²) in [6.45, 7) is -0.916. The Morgan fingerprint density at radius 1 is 1.22 bits per heavy atom. The van der Waals surface area contributed by atoms with E-state index in [-0.39, 0.29) is 0 Å². The average Bonchev–Trinajstić information content (AvgIpc) is 2.21. The molecular formula is C10H8F5NO2. The number of rotatable bonds is 3. The van der Waals surface area contributed by atoms with Gasteiger partial charge in [-0.3, -0.25) is 0 Å². The monoisotopic (exact) mass is 269 g/mol. The zero-order valence-electron chi connectivity index (χ0n) is 8.85. The van der Waals surface area contributed by atoms with E-state index in [9.17, 15) is 26.7 Å². The highest BCUT2D eigenvalue weighted by Crippen LogP contribution is 2.21. The number of halogens is 5. The fraction of sp³-hybridized carbons (Fsp3) is 0.300. The molecule has 0 amide bonds. The molecule has 0 bridgehead atoms. The van der Waals surface area contributed by atoms with Gasteiger partial charge in [-0.25, -0.2) is 13.6 Å². The molecular weight excluding hydrogens is 261 g/mol. The zero-order chi connectivity index (χ0) is 13.9. The molecule has 1 aromatic rings. The minimum Gasteiger partial charge on any atom is -0.462 e. The van der Waals surface area contributed by atoms with Crippen LogP contribution >= 0.6 is 0 Å². The van der Waals surface area contributed by atoms with Crippen molar-refractivity contribution in [3.63, 3.8) is 0 Å². The van der Waals surface area contributed by atoms with Crippen LogP contribution in [0.1, 0.15) is 16.8 Å². The lowest BCUT2D eigenvalue weighted by molar-refractivity contribution is -0.141. The topological polar surface area (TPSA) is 52.3 Å². The summed E-state index contributed by atoms with van der Waals surface area (Å²) in [5, 5.41) is 0. The van der Waals surface area contributed by atoms with Crippen molar-refractivity contribution < 1.29 is 31.5 Å². The zero-order valence-corrected chi connectivity index (χ0v) is 8.85. The number of carbonyl (C=O) groups is 1. The van der Waals surface area contributed by atoms with Crippen LogP contribution in [0.25, 0.3) is 0 Å². The molecule has 0 radical (unpaired) electrons. The Morgan fingerprint density at radius 2 is 1.78 bits per heavy atom. The first kappa shape index (κ1) is 14.2. The largest absolute Gasteiger partial charge is 0.462 e. The molecule has 1 rings (SSSR count). The van der Waals surface area contributed by atoms with Crippen molar-refractivity contribution in [1.29, 1.82) is 0 Å². The van der Waals surface area contributed by atoms with Gasteiger partial charge >= 0.3 is 12.1 Å². The summed E-state index contributed by atoms with van der Waals surface area (Å²) >= 11 is 0. The number of ether oxygens (including phenoxy) is 1. The van der Waals surface area contributed by atoms with Crippen molar-refractivity contribution in [2.45, 2.75) is 12.6 Å². The molecule has 1 aromatic carbocycles. The number of hydrogen-bond acceptors (Lipinski definition) is 3. The highest BCUT2D eigenvalue weighted by molar-refractivity contribution is 5.95. The average molecular weight is 269 g/mol. The Morgan fingerprint density at radius 3 is 2.33 bits per heavy atom. The molecule has 18 heavy (non-hydrogen) atoms. The maximum absolute atomic E-state index is 12.8. The molecule has 0 saturated heterocycles. The third kappa shape index (κ3) is 3.86. The molecule has 8 heteroatoms. The van der Waals surface area contributed by atoms with Gasteiger partial charge in [0.2, 0.25) is 0 Å². The van der Waals surface area contributed by atoms with Crippen LogP contribution < -0.4 is 5.73 Å². The lowest BCUT2D eigenvalue weighted by Crippen LogP contribution is -2.16. The standard InChI is InChI=1S/C10H8F5NO2/c11-6-3-5(8(16)4-7(6)12)9(17)18-2-1-10(13,14)15/h3-4H,1-2,16H2. The smallest absolute Gasteiger partial charge is 0.392 e. The third-order valence-corrected chi connectivity index (χ3v) is 1.93. The summed E-state index contributed by atoms with van der Waals surface area (Å²) in [5.41, 5.74) is 4.29. The molecule has 2 N–H and O–H groups in total. The number of benzene rings is 1. The highest BCUT2D eigenvalue weighted by Gasteiger charge is 2.27. The number of carbonyl (C=O) groups excluding carboxylic acids is 1. The Hall–Kier alpha value is -1.86. The van der Waals surface area contributed by atoms with E-state index in [1.54, 1.807) is 0 Å². The van der Waals surface area contributed by atoms with E-state index in [4.69, 9.17) is 5.73 Å². The molecule has 0 aliphatic rings. The quantitative estimate of drug-likeness (QED) is 0.521. The van der Waals surface area contributed by atoms with E-state index in [1.165, 1.54) is 0 Å². The van der Waals surface area contributed by atoms with E-state index in [2.05, 4.69) is 4.74 Å². The maximum atomic E-state index is 12.8.